The Bertz CT molecular complexity index is 472. The molecule has 2 atom stereocenters. The number of ether oxygens (including phenoxy) is 1. The lowest BCUT2D eigenvalue weighted by atomic mass is 9.98. The number of hydrogen-bond donors (Lipinski definition) is 2. The van der Waals surface area contributed by atoms with Gasteiger partial charge in [-0.2, -0.15) is 0 Å². The highest BCUT2D eigenvalue weighted by Crippen LogP contribution is 2.24. The van der Waals surface area contributed by atoms with Crippen molar-refractivity contribution in [2.24, 2.45) is 0 Å². The van der Waals surface area contributed by atoms with Crippen molar-refractivity contribution in [2.75, 3.05) is 13.6 Å². The van der Waals surface area contributed by atoms with Gasteiger partial charge < -0.3 is 15.4 Å². The van der Waals surface area contributed by atoms with Crippen molar-refractivity contribution < 1.29 is 9.53 Å². The molecule has 0 bridgehead atoms. The van der Waals surface area contributed by atoms with Gasteiger partial charge in [-0.1, -0.05) is 19.9 Å². The number of benzene rings is 1. The molecule has 2 unspecified atom stereocenters. The summed E-state index contributed by atoms with van der Waals surface area (Å²) in [7, 11) is 1.87. The summed E-state index contributed by atoms with van der Waals surface area (Å²) < 4.78 is 5.73. The van der Waals surface area contributed by atoms with Gasteiger partial charge in [0.25, 0.3) is 5.91 Å². The summed E-state index contributed by atoms with van der Waals surface area (Å²) >= 11 is 0. The number of carbonyl (C=O) groups excluding carboxylic acids is 1. The van der Waals surface area contributed by atoms with Gasteiger partial charge in [-0.15, -0.1) is 0 Å². The molecule has 0 saturated heterocycles. The fourth-order valence-electron chi connectivity index (χ4n) is 2.13. The molecular formula is C17H28N2O2. The maximum atomic E-state index is 12.0. The Morgan fingerprint density at radius 1 is 1.24 bits per heavy atom. The lowest BCUT2D eigenvalue weighted by Crippen LogP contribution is -2.42. The van der Waals surface area contributed by atoms with Crippen LogP contribution >= 0.6 is 0 Å². The number of aryl methyl sites for hydroxylation is 1. The van der Waals surface area contributed by atoms with E-state index in [9.17, 15) is 4.79 Å². The molecule has 0 aliphatic rings. The monoisotopic (exact) mass is 292 g/mol. The molecule has 1 aromatic carbocycles. The van der Waals surface area contributed by atoms with Crippen molar-refractivity contribution in [3.63, 3.8) is 0 Å². The second-order valence-corrected chi connectivity index (χ2v) is 5.87. The highest BCUT2D eigenvalue weighted by Gasteiger charge is 2.15. The van der Waals surface area contributed by atoms with Crippen molar-refractivity contribution >= 4 is 5.91 Å². The molecule has 0 aromatic heterocycles. The van der Waals surface area contributed by atoms with E-state index in [2.05, 4.69) is 37.5 Å². The summed E-state index contributed by atoms with van der Waals surface area (Å²) in [6.45, 7) is 10.8. The van der Waals surface area contributed by atoms with E-state index in [4.69, 9.17) is 4.74 Å². The van der Waals surface area contributed by atoms with Crippen molar-refractivity contribution in [3.05, 3.63) is 29.3 Å². The number of nitrogens with one attached hydrogen (secondary N) is 2. The topological polar surface area (TPSA) is 50.4 Å². The van der Waals surface area contributed by atoms with E-state index in [-0.39, 0.29) is 11.9 Å². The maximum absolute atomic E-state index is 12.0. The minimum Gasteiger partial charge on any atom is -0.481 e. The minimum atomic E-state index is -0.502. The zero-order valence-electron chi connectivity index (χ0n) is 14.0. The number of amides is 1. The zero-order chi connectivity index (χ0) is 16.0. The summed E-state index contributed by atoms with van der Waals surface area (Å²) in [5.74, 6) is 1.13. The molecule has 21 heavy (non-hydrogen) atoms. The number of likely N-dealkylation sites (N-methyl/N-ethyl adjacent to an activating group) is 1. The van der Waals surface area contributed by atoms with Crippen LogP contribution < -0.4 is 15.4 Å². The number of hydrogen-bond acceptors (Lipinski definition) is 3. The van der Waals surface area contributed by atoms with Crippen LogP contribution in [0.15, 0.2) is 18.2 Å². The van der Waals surface area contributed by atoms with Gasteiger partial charge in [0.2, 0.25) is 0 Å². The van der Waals surface area contributed by atoms with Gasteiger partial charge in [-0.05, 0) is 57.0 Å². The third kappa shape index (κ3) is 5.38. The van der Waals surface area contributed by atoms with Crippen molar-refractivity contribution in [2.45, 2.75) is 52.7 Å². The first kappa shape index (κ1) is 17.5. The van der Waals surface area contributed by atoms with Gasteiger partial charge in [-0.25, -0.2) is 0 Å². The predicted molar refractivity (Wildman–Crippen MR) is 86.9 cm³/mol. The average Bonchev–Trinajstić information content (AvgIpc) is 2.43. The molecule has 0 saturated carbocycles. The highest BCUT2D eigenvalue weighted by molar-refractivity contribution is 5.80. The van der Waals surface area contributed by atoms with Crippen LogP contribution in [0, 0.1) is 6.92 Å². The van der Waals surface area contributed by atoms with Gasteiger partial charge in [0.15, 0.2) is 6.10 Å². The third-order valence-corrected chi connectivity index (χ3v) is 3.62. The van der Waals surface area contributed by atoms with Gasteiger partial charge in [0.1, 0.15) is 5.75 Å². The second kappa shape index (κ2) is 8.03. The molecule has 1 aromatic rings. The molecule has 118 valence electrons. The quantitative estimate of drug-likeness (QED) is 0.812. The molecule has 1 rings (SSSR count). The summed E-state index contributed by atoms with van der Waals surface area (Å²) in [4.78, 5) is 12.0. The zero-order valence-corrected chi connectivity index (χ0v) is 14.0. The molecule has 0 radical (unpaired) electrons. The van der Waals surface area contributed by atoms with E-state index in [0.29, 0.717) is 12.5 Å². The van der Waals surface area contributed by atoms with E-state index < -0.39 is 6.10 Å². The van der Waals surface area contributed by atoms with Crippen LogP contribution in [0.4, 0.5) is 0 Å². The molecule has 4 heteroatoms. The van der Waals surface area contributed by atoms with E-state index in [1.54, 1.807) is 6.92 Å². The smallest absolute Gasteiger partial charge is 0.260 e. The Morgan fingerprint density at radius 3 is 2.43 bits per heavy atom. The van der Waals surface area contributed by atoms with Crippen LogP contribution in [0.5, 0.6) is 5.75 Å². The molecule has 0 aliphatic heterocycles. The lowest BCUT2D eigenvalue weighted by Gasteiger charge is -2.18. The Kier molecular flexibility index (Phi) is 6.69. The van der Waals surface area contributed by atoms with E-state index in [1.807, 2.05) is 26.1 Å². The standard InChI is InChI=1S/C17H28N2O2/c1-11(2)16-8-7-15(9-12(16)3)21-14(5)17(20)19-10-13(4)18-6/h7-9,11,13-14,18H,10H2,1-6H3,(H,19,20). The summed E-state index contributed by atoms with van der Waals surface area (Å²) in [6.07, 6.45) is -0.502. The average molecular weight is 292 g/mol. The largest absolute Gasteiger partial charge is 0.481 e. The molecular weight excluding hydrogens is 264 g/mol. The third-order valence-electron chi connectivity index (χ3n) is 3.62. The fourth-order valence-corrected chi connectivity index (χ4v) is 2.13. The van der Waals surface area contributed by atoms with Crippen LogP contribution in [0.2, 0.25) is 0 Å². The molecule has 2 N–H and O–H groups in total. The van der Waals surface area contributed by atoms with E-state index >= 15 is 0 Å². The van der Waals surface area contributed by atoms with E-state index in [1.165, 1.54) is 11.1 Å². The van der Waals surface area contributed by atoms with Crippen LogP contribution in [-0.4, -0.2) is 31.6 Å². The summed E-state index contributed by atoms with van der Waals surface area (Å²) in [6, 6.07) is 6.24. The fraction of sp³-hybridized carbons (Fsp3) is 0.588. The lowest BCUT2D eigenvalue weighted by molar-refractivity contribution is -0.127. The molecule has 0 spiro atoms. The Labute approximate surface area is 128 Å². The molecule has 4 nitrogen and oxygen atoms in total. The van der Waals surface area contributed by atoms with Gasteiger partial charge in [-0.3, -0.25) is 4.79 Å². The molecule has 0 fully saturated rings. The first-order chi connectivity index (χ1) is 9.85. The maximum Gasteiger partial charge on any atom is 0.260 e. The Hall–Kier alpha value is -1.55. The van der Waals surface area contributed by atoms with Crippen LogP contribution in [0.25, 0.3) is 0 Å². The highest BCUT2D eigenvalue weighted by atomic mass is 16.5. The SMILES string of the molecule is CNC(C)CNC(=O)C(C)Oc1ccc(C(C)C)c(C)c1. The second-order valence-electron chi connectivity index (χ2n) is 5.87. The Morgan fingerprint density at radius 2 is 1.90 bits per heavy atom. The predicted octanol–water partition coefficient (Wildman–Crippen LogP) is 2.61. The van der Waals surface area contributed by atoms with Crippen molar-refractivity contribution in [1.29, 1.82) is 0 Å². The van der Waals surface area contributed by atoms with Gasteiger partial charge >= 0.3 is 0 Å². The number of rotatable bonds is 7. The summed E-state index contributed by atoms with van der Waals surface area (Å²) in [5, 5.41) is 5.95. The van der Waals surface area contributed by atoms with E-state index in [0.717, 1.165) is 5.75 Å². The first-order valence-electron chi connectivity index (χ1n) is 7.57. The molecule has 0 heterocycles. The van der Waals surface area contributed by atoms with Crippen molar-refractivity contribution in [3.8, 4) is 5.75 Å². The number of carbonyl (C=O) groups is 1. The normalized spacial score (nSPS) is 13.9. The minimum absolute atomic E-state index is 0.0947. The van der Waals surface area contributed by atoms with Crippen molar-refractivity contribution in [1.82, 2.24) is 10.6 Å². The van der Waals surface area contributed by atoms with Gasteiger partial charge in [0, 0.05) is 12.6 Å². The van der Waals surface area contributed by atoms with Gasteiger partial charge in [0.05, 0.1) is 0 Å². The van der Waals surface area contributed by atoms with Crippen LogP contribution in [-0.2, 0) is 4.79 Å². The van der Waals surface area contributed by atoms with Crippen LogP contribution in [0.3, 0.4) is 0 Å². The van der Waals surface area contributed by atoms with Crippen LogP contribution in [0.1, 0.15) is 44.7 Å². The molecule has 0 aliphatic carbocycles. The Balaban J connectivity index is 2.60. The molecule has 1 amide bonds. The first-order valence-corrected chi connectivity index (χ1v) is 7.57. The summed E-state index contributed by atoms with van der Waals surface area (Å²) in [5.41, 5.74) is 2.50.